The maximum Gasteiger partial charge on any atom is 0.384 e. The fourth-order valence-electron chi connectivity index (χ4n) is 1.56. The Balaban J connectivity index is 2.47. The van der Waals surface area contributed by atoms with Gasteiger partial charge in [-0.1, -0.05) is 19.3 Å². The van der Waals surface area contributed by atoms with Crippen molar-refractivity contribution in [1.82, 2.24) is 0 Å². The molecule has 0 aromatic heterocycles. The van der Waals surface area contributed by atoms with Crippen LogP contribution < -0.4 is 0 Å². The molecule has 1 rings (SSSR count). The molecule has 2 heteroatoms. The van der Waals surface area contributed by atoms with Crippen LogP contribution in [-0.2, 0) is 9.53 Å². The Morgan fingerprint density at radius 1 is 1.50 bits per heavy atom. The van der Waals surface area contributed by atoms with Crippen LogP contribution in [0.1, 0.15) is 26.2 Å². The minimum absolute atomic E-state index is 0.407. The molecule has 0 bridgehead atoms. The Kier molecular flexibility index (Phi) is 3.16. The first-order chi connectivity index (χ1) is 5.74. The van der Waals surface area contributed by atoms with E-state index < -0.39 is 5.97 Å². The van der Waals surface area contributed by atoms with Gasteiger partial charge in [0.05, 0.1) is 7.11 Å². The second-order valence-electron chi connectivity index (χ2n) is 3.28. The number of hydrogen-bond acceptors (Lipinski definition) is 2. The number of carbonyl (C=O) groups excluding carboxylic acids is 1. The van der Waals surface area contributed by atoms with Crippen LogP contribution in [0.15, 0.2) is 0 Å². The van der Waals surface area contributed by atoms with E-state index in [-0.39, 0.29) is 0 Å². The lowest BCUT2D eigenvalue weighted by Gasteiger charge is -2.05. The summed E-state index contributed by atoms with van der Waals surface area (Å²) >= 11 is 0. The fourth-order valence-corrected chi connectivity index (χ4v) is 1.56. The van der Waals surface area contributed by atoms with Crippen molar-refractivity contribution in [2.24, 2.45) is 11.8 Å². The van der Waals surface area contributed by atoms with Gasteiger partial charge in [-0.15, -0.1) is 0 Å². The predicted molar refractivity (Wildman–Crippen MR) is 46.3 cm³/mol. The molecule has 2 nitrogen and oxygen atoms in total. The molecule has 1 saturated carbocycles. The van der Waals surface area contributed by atoms with Crippen LogP contribution in [0.4, 0.5) is 0 Å². The van der Waals surface area contributed by atoms with Crippen LogP contribution in [-0.4, -0.2) is 13.1 Å². The van der Waals surface area contributed by atoms with Crippen LogP contribution in [0.25, 0.3) is 0 Å². The van der Waals surface area contributed by atoms with Gasteiger partial charge in [0.25, 0.3) is 0 Å². The molecule has 0 N–H and O–H groups in total. The first-order valence-corrected chi connectivity index (χ1v) is 4.33. The number of rotatable bonds is 0. The molecule has 66 valence electrons. The first-order valence-electron chi connectivity index (χ1n) is 4.33. The molecule has 2 unspecified atom stereocenters. The highest BCUT2D eigenvalue weighted by molar-refractivity contribution is 5.88. The van der Waals surface area contributed by atoms with Gasteiger partial charge in [0.15, 0.2) is 0 Å². The third-order valence-electron chi connectivity index (χ3n) is 2.41. The van der Waals surface area contributed by atoms with Gasteiger partial charge in [-0.05, 0) is 18.8 Å². The van der Waals surface area contributed by atoms with E-state index >= 15 is 0 Å². The summed E-state index contributed by atoms with van der Waals surface area (Å²) in [6.45, 7) is 2.18. The average molecular weight is 166 g/mol. The zero-order chi connectivity index (χ0) is 8.97. The van der Waals surface area contributed by atoms with Crippen molar-refractivity contribution < 1.29 is 9.53 Å². The number of ether oxygens (including phenoxy) is 1. The molecule has 1 aliphatic rings. The third kappa shape index (κ3) is 2.27. The van der Waals surface area contributed by atoms with Crippen molar-refractivity contribution >= 4 is 5.97 Å². The van der Waals surface area contributed by atoms with Gasteiger partial charge in [0.1, 0.15) is 0 Å². The van der Waals surface area contributed by atoms with E-state index in [1.54, 1.807) is 0 Å². The molecule has 0 aromatic carbocycles. The van der Waals surface area contributed by atoms with Crippen molar-refractivity contribution in [2.45, 2.75) is 26.2 Å². The van der Waals surface area contributed by atoms with E-state index in [4.69, 9.17) is 0 Å². The van der Waals surface area contributed by atoms with E-state index in [0.717, 1.165) is 6.42 Å². The molecule has 2 atom stereocenters. The fraction of sp³-hybridized carbons (Fsp3) is 0.700. The van der Waals surface area contributed by atoms with Crippen molar-refractivity contribution in [3.05, 3.63) is 0 Å². The number of methoxy groups -OCH3 is 1. The SMILES string of the molecule is COC(=O)C#CC1CCCC1C. The first kappa shape index (κ1) is 9.12. The van der Waals surface area contributed by atoms with Crippen molar-refractivity contribution in [2.75, 3.05) is 7.11 Å². The minimum Gasteiger partial charge on any atom is -0.459 e. The summed E-state index contributed by atoms with van der Waals surface area (Å²) < 4.78 is 4.43. The Labute approximate surface area is 73.3 Å². The minimum atomic E-state index is -0.422. The van der Waals surface area contributed by atoms with Crippen molar-refractivity contribution in [3.8, 4) is 11.8 Å². The number of carbonyl (C=O) groups is 1. The molecule has 12 heavy (non-hydrogen) atoms. The van der Waals surface area contributed by atoms with Gasteiger partial charge < -0.3 is 4.74 Å². The molecular weight excluding hydrogens is 152 g/mol. The molecule has 0 amide bonds. The standard InChI is InChI=1S/C10H14O2/c1-8-4-3-5-9(8)6-7-10(11)12-2/h8-9H,3-5H2,1-2H3. The predicted octanol–water partition coefficient (Wildman–Crippen LogP) is 1.60. The zero-order valence-corrected chi connectivity index (χ0v) is 7.59. The summed E-state index contributed by atoms with van der Waals surface area (Å²) in [5.74, 6) is 6.08. The van der Waals surface area contributed by atoms with Gasteiger partial charge in [-0.2, -0.15) is 0 Å². The topological polar surface area (TPSA) is 26.3 Å². The zero-order valence-electron chi connectivity index (χ0n) is 7.59. The van der Waals surface area contributed by atoms with Crippen LogP contribution in [0.3, 0.4) is 0 Å². The smallest absolute Gasteiger partial charge is 0.384 e. The molecule has 0 aromatic rings. The summed E-state index contributed by atoms with van der Waals surface area (Å²) in [5, 5.41) is 0. The van der Waals surface area contributed by atoms with E-state index in [0.29, 0.717) is 11.8 Å². The summed E-state index contributed by atoms with van der Waals surface area (Å²) in [5.41, 5.74) is 0. The highest BCUT2D eigenvalue weighted by atomic mass is 16.5. The number of esters is 1. The molecule has 0 saturated heterocycles. The largest absolute Gasteiger partial charge is 0.459 e. The van der Waals surface area contributed by atoms with E-state index in [2.05, 4.69) is 23.5 Å². The molecule has 1 aliphatic carbocycles. The maximum atomic E-state index is 10.7. The second-order valence-corrected chi connectivity index (χ2v) is 3.28. The molecular formula is C10H14O2. The Bertz CT molecular complexity index is 222. The third-order valence-corrected chi connectivity index (χ3v) is 2.41. The Morgan fingerprint density at radius 2 is 2.25 bits per heavy atom. The maximum absolute atomic E-state index is 10.7. The summed E-state index contributed by atoms with van der Waals surface area (Å²) in [6, 6.07) is 0. The van der Waals surface area contributed by atoms with E-state index in [9.17, 15) is 4.79 Å². The van der Waals surface area contributed by atoms with Crippen LogP contribution in [0.2, 0.25) is 0 Å². The van der Waals surface area contributed by atoms with Gasteiger partial charge in [0, 0.05) is 11.8 Å². The van der Waals surface area contributed by atoms with Crippen molar-refractivity contribution in [1.29, 1.82) is 0 Å². The monoisotopic (exact) mass is 166 g/mol. The average Bonchev–Trinajstić information content (AvgIpc) is 2.47. The quantitative estimate of drug-likeness (QED) is 0.310. The van der Waals surface area contributed by atoms with Crippen LogP contribution in [0.5, 0.6) is 0 Å². The van der Waals surface area contributed by atoms with Crippen LogP contribution >= 0.6 is 0 Å². The highest BCUT2D eigenvalue weighted by Gasteiger charge is 2.21. The lowest BCUT2D eigenvalue weighted by molar-refractivity contribution is -0.133. The Morgan fingerprint density at radius 3 is 2.75 bits per heavy atom. The highest BCUT2D eigenvalue weighted by Crippen LogP contribution is 2.30. The molecule has 0 aliphatic heterocycles. The molecule has 0 heterocycles. The second kappa shape index (κ2) is 4.15. The Hall–Kier alpha value is -0.970. The summed E-state index contributed by atoms with van der Waals surface area (Å²) in [7, 11) is 1.36. The normalized spacial score (nSPS) is 27.5. The molecule has 0 spiro atoms. The van der Waals surface area contributed by atoms with Gasteiger partial charge in [0.2, 0.25) is 0 Å². The molecule has 0 radical (unpaired) electrons. The number of hydrogen-bond donors (Lipinski definition) is 0. The van der Waals surface area contributed by atoms with Crippen molar-refractivity contribution in [3.63, 3.8) is 0 Å². The summed E-state index contributed by atoms with van der Waals surface area (Å²) in [6.07, 6.45) is 3.60. The van der Waals surface area contributed by atoms with Gasteiger partial charge in [-0.25, -0.2) is 4.79 Å². The van der Waals surface area contributed by atoms with Gasteiger partial charge >= 0.3 is 5.97 Å². The lowest BCUT2D eigenvalue weighted by Crippen LogP contribution is -2.02. The van der Waals surface area contributed by atoms with E-state index in [1.165, 1.54) is 20.0 Å². The van der Waals surface area contributed by atoms with E-state index in [1.807, 2.05) is 0 Å². The molecule has 1 fully saturated rings. The van der Waals surface area contributed by atoms with Gasteiger partial charge in [-0.3, -0.25) is 0 Å². The van der Waals surface area contributed by atoms with Crippen LogP contribution in [0, 0.1) is 23.7 Å². The lowest BCUT2D eigenvalue weighted by atomic mass is 9.99. The summed E-state index contributed by atoms with van der Waals surface area (Å²) in [4.78, 5) is 10.7.